The highest BCUT2D eigenvalue weighted by molar-refractivity contribution is 7.07. The molecule has 65 heavy (non-hydrogen) atoms. The molecule has 1 saturated carbocycles. The van der Waals surface area contributed by atoms with Gasteiger partial charge in [0.25, 0.3) is 23.6 Å². The molecule has 7 N–H and O–H groups in total. The molecule has 0 spiro atoms. The molecule has 1 atom stereocenters. The second-order valence-electron chi connectivity index (χ2n) is 14.4. The fourth-order valence-corrected chi connectivity index (χ4v) is 6.51. The summed E-state index contributed by atoms with van der Waals surface area (Å²) >= 11 is 1.46. The van der Waals surface area contributed by atoms with Crippen molar-refractivity contribution < 1.29 is 66.0 Å². The van der Waals surface area contributed by atoms with Crippen LogP contribution in [-0.2, 0) is 41.6 Å². The van der Waals surface area contributed by atoms with Crippen molar-refractivity contribution >= 4 is 58.2 Å². The Bertz CT molecular complexity index is 2240. The summed E-state index contributed by atoms with van der Waals surface area (Å²) in [7, 11) is 0. The number of carboxylic acids is 1. The van der Waals surface area contributed by atoms with E-state index in [1.807, 2.05) is 22.4 Å². The van der Waals surface area contributed by atoms with E-state index in [9.17, 15) is 37.1 Å². The van der Waals surface area contributed by atoms with Crippen molar-refractivity contribution in [2.75, 3.05) is 70.0 Å². The van der Waals surface area contributed by atoms with Crippen LogP contribution in [0.3, 0.4) is 0 Å². The Balaban J connectivity index is 0.00000105. The highest BCUT2D eigenvalue weighted by Crippen LogP contribution is 2.33. The number of hydrogen-bond acceptors (Lipinski definition) is 13. The number of ether oxygens (including phenoxy) is 4. The monoisotopic (exact) mass is 927 g/mol. The average molecular weight is 928 g/mol. The summed E-state index contributed by atoms with van der Waals surface area (Å²) in [5.74, 6) is -3.55. The zero-order chi connectivity index (χ0) is 46.8. The quantitative estimate of drug-likeness (QED) is 0.0618. The molecule has 4 aromatic rings. The van der Waals surface area contributed by atoms with Crippen LogP contribution in [0.2, 0.25) is 0 Å². The molecular formula is C43H48F3N7O11S. The van der Waals surface area contributed by atoms with E-state index in [4.69, 9.17) is 34.6 Å². The van der Waals surface area contributed by atoms with Gasteiger partial charge in [-0.25, -0.2) is 9.78 Å². The molecule has 348 valence electrons. The third kappa shape index (κ3) is 16.6. The summed E-state index contributed by atoms with van der Waals surface area (Å²) < 4.78 is 53.7. The summed E-state index contributed by atoms with van der Waals surface area (Å²) in [5, 5.41) is 20.1. The summed E-state index contributed by atoms with van der Waals surface area (Å²) in [6.07, 6.45) is -2.86. The molecule has 1 aliphatic carbocycles. The molecule has 3 aromatic carbocycles. The van der Waals surface area contributed by atoms with E-state index in [-0.39, 0.29) is 48.7 Å². The predicted molar refractivity (Wildman–Crippen MR) is 230 cm³/mol. The van der Waals surface area contributed by atoms with Crippen LogP contribution in [0, 0.1) is 0 Å². The van der Waals surface area contributed by atoms with Gasteiger partial charge in [-0.05, 0) is 66.9 Å². The normalized spacial score (nSPS) is 13.4. The number of hydrogen-bond donors (Lipinski definition) is 6. The van der Waals surface area contributed by atoms with Crippen molar-refractivity contribution in [3.63, 3.8) is 0 Å². The first-order chi connectivity index (χ1) is 31.2. The zero-order valence-corrected chi connectivity index (χ0v) is 35.7. The van der Waals surface area contributed by atoms with Crippen molar-refractivity contribution in [3.05, 3.63) is 106 Å². The molecule has 0 bridgehead atoms. The summed E-state index contributed by atoms with van der Waals surface area (Å²) in [5.41, 5.74) is 11.6. The van der Waals surface area contributed by atoms with Gasteiger partial charge >= 0.3 is 12.1 Å². The summed E-state index contributed by atoms with van der Waals surface area (Å²) in [6.45, 7) is 2.98. The van der Waals surface area contributed by atoms with Crippen LogP contribution in [0.4, 0.5) is 24.5 Å². The molecular weight excluding hydrogens is 880 g/mol. The SMILES string of the molecule is N[C@@H](Cc1cscn1)C(=O)NCCOCCOCCOCCNC(=O)c1cccc(NC(=O)c2ccc(CN(C(=O)c3ccc4c(c3)OCC(=O)N4)C3CC3)cc2)c1.O=C(O)C(F)(F)F. The number of alkyl halides is 3. The smallest absolute Gasteiger partial charge is 0.482 e. The number of carbonyl (C=O) groups excluding carboxylic acids is 5. The van der Waals surface area contributed by atoms with Crippen molar-refractivity contribution in [2.24, 2.45) is 5.73 Å². The average Bonchev–Trinajstić information content (AvgIpc) is 4.00. The number of benzene rings is 3. The van der Waals surface area contributed by atoms with Crippen LogP contribution in [0.1, 0.15) is 55.2 Å². The minimum atomic E-state index is -5.08. The van der Waals surface area contributed by atoms with E-state index in [1.165, 1.54) is 11.3 Å². The standard InChI is InChI=1S/C41H47N7O9S.C2HF3O2/c42-34(22-32-25-58-26-45-32)40(52)44-13-15-55-17-19-56-18-16-54-14-12-43-38(50)29-2-1-3-31(20-29)46-39(51)28-6-4-27(5-7-28)23-48(33-9-10-33)41(53)30-8-11-35-36(21-30)57-24-37(49)47-35;3-2(4,5)1(6)7/h1-8,11,20-21,25-26,33-34H,9-10,12-19,22-24,42H2,(H,43,50)(H,44,52)(H,46,51)(H,47,49);(H,6,7)/t34-;/m0./s1. The van der Waals surface area contributed by atoms with E-state index < -0.39 is 18.2 Å². The maximum Gasteiger partial charge on any atom is 0.490 e. The molecule has 2 aliphatic rings. The van der Waals surface area contributed by atoms with E-state index in [1.54, 1.807) is 60.1 Å². The number of fused-ring (bicyclic) bond motifs is 1. The Morgan fingerprint density at radius 2 is 1.52 bits per heavy atom. The predicted octanol–water partition coefficient (Wildman–Crippen LogP) is 3.63. The second kappa shape index (κ2) is 24.6. The van der Waals surface area contributed by atoms with Gasteiger partial charge in [0.15, 0.2) is 6.61 Å². The maximum absolute atomic E-state index is 13.5. The lowest BCUT2D eigenvalue weighted by atomic mass is 10.1. The van der Waals surface area contributed by atoms with E-state index >= 15 is 0 Å². The van der Waals surface area contributed by atoms with Gasteiger partial charge in [-0.2, -0.15) is 13.2 Å². The van der Waals surface area contributed by atoms with E-state index in [0.717, 1.165) is 24.1 Å². The number of nitrogens with one attached hydrogen (secondary N) is 4. The Labute approximate surface area is 374 Å². The largest absolute Gasteiger partial charge is 0.490 e. The lowest BCUT2D eigenvalue weighted by Crippen LogP contribution is -2.43. The molecule has 5 amide bonds. The van der Waals surface area contributed by atoms with Crippen LogP contribution in [0.5, 0.6) is 5.75 Å². The number of carboxylic acid groups (broad SMARTS) is 1. The second-order valence-corrected chi connectivity index (χ2v) is 15.1. The van der Waals surface area contributed by atoms with E-state index in [2.05, 4.69) is 26.3 Å². The van der Waals surface area contributed by atoms with Gasteiger partial charge in [0, 0.05) is 59.9 Å². The van der Waals surface area contributed by atoms with Crippen molar-refractivity contribution in [3.8, 4) is 5.75 Å². The lowest BCUT2D eigenvalue weighted by Gasteiger charge is -2.24. The molecule has 1 fully saturated rings. The van der Waals surface area contributed by atoms with Gasteiger partial charge in [0.05, 0.1) is 62.6 Å². The van der Waals surface area contributed by atoms with Crippen LogP contribution in [-0.4, -0.2) is 128 Å². The molecule has 6 rings (SSSR count). The van der Waals surface area contributed by atoms with Gasteiger partial charge in [-0.15, -0.1) is 11.3 Å². The van der Waals surface area contributed by atoms with Gasteiger partial charge in [-0.1, -0.05) is 18.2 Å². The van der Waals surface area contributed by atoms with Crippen LogP contribution < -0.4 is 31.7 Å². The van der Waals surface area contributed by atoms with Crippen molar-refractivity contribution in [2.45, 2.75) is 44.1 Å². The number of anilines is 2. The van der Waals surface area contributed by atoms with Gasteiger partial charge in [-0.3, -0.25) is 24.0 Å². The van der Waals surface area contributed by atoms with Crippen molar-refractivity contribution in [1.82, 2.24) is 20.5 Å². The first-order valence-electron chi connectivity index (χ1n) is 20.3. The minimum Gasteiger partial charge on any atom is -0.482 e. The number of nitrogens with two attached hydrogens (primary N) is 1. The molecule has 22 heteroatoms. The Hall–Kier alpha value is -6.46. The Kier molecular flexibility index (Phi) is 18.7. The number of amides is 5. The fourth-order valence-electron chi connectivity index (χ4n) is 5.94. The summed E-state index contributed by atoms with van der Waals surface area (Å²) in [6, 6.07) is 18.2. The molecule has 0 saturated heterocycles. The number of rotatable bonds is 22. The zero-order valence-electron chi connectivity index (χ0n) is 34.9. The van der Waals surface area contributed by atoms with Crippen LogP contribution >= 0.6 is 11.3 Å². The van der Waals surface area contributed by atoms with Crippen LogP contribution in [0.15, 0.2) is 77.6 Å². The highest BCUT2D eigenvalue weighted by atomic mass is 32.1. The Morgan fingerprint density at radius 3 is 2.15 bits per heavy atom. The number of carbonyl (C=O) groups is 6. The minimum absolute atomic E-state index is 0.0922. The maximum atomic E-state index is 13.5. The number of aromatic nitrogens is 1. The highest BCUT2D eigenvalue weighted by Gasteiger charge is 2.38. The number of aliphatic carboxylic acids is 1. The fraction of sp³-hybridized carbons (Fsp3) is 0.372. The van der Waals surface area contributed by atoms with Crippen LogP contribution in [0.25, 0.3) is 0 Å². The first-order valence-corrected chi connectivity index (χ1v) is 21.2. The van der Waals surface area contributed by atoms with Gasteiger partial charge in [0.1, 0.15) is 5.75 Å². The van der Waals surface area contributed by atoms with E-state index in [0.29, 0.717) is 93.0 Å². The van der Waals surface area contributed by atoms with Gasteiger partial charge in [0.2, 0.25) is 5.91 Å². The molecule has 0 unspecified atom stereocenters. The number of nitrogens with zero attached hydrogens (tertiary/aromatic N) is 2. The third-order valence-electron chi connectivity index (χ3n) is 9.37. The molecule has 1 aliphatic heterocycles. The summed E-state index contributed by atoms with van der Waals surface area (Å²) in [4.78, 5) is 77.9. The third-order valence-corrected chi connectivity index (χ3v) is 10.0. The topological polar surface area (TPSA) is 250 Å². The molecule has 18 nitrogen and oxygen atoms in total. The van der Waals surface area contributed by atoms with Crippen molar-refractivity contribution in [1.29, 1.82) is 0 Å². The lowest BCUT2D eigenvalue weighted by molar-refractivity contribution is -0.192. The first kappa shape index (κ1) is 49.6. The molecule has 1 aromatic heterocycles. The molecule has 2 heterocycles. The Morgan fingerprint density at radius 1 is 0.877 bits per heavy atom. The van der Waals surface area contributed by atoms with Gasteiger partial charge < -0.3 is 56.0 Å². The molecule has 0 radical (unpaired) electrons. The number of halogens is 3. The number of thiazole rings is 1.